The average molecular weight is 261 g/mol. The Kier molecular flexibility index (Phi) is 4.90. The molecule has 0 saturated heterocycles. The Morgan fingerprint density at radius 3 is 2.53 bits per heavy atom. The topological polar surface area (TPSA) is 65.0 Å². The Balaban J connectivity index is 3.06. The van der Waals surface area contributed by atoms with Gasteiger partial charge >= 0.3 is 5.97 Å². The molecule has 0 spiro atoms. The molecule has 1 N–H and O–H groups in total. The van der Waals surface area contributed by atoms with Crippen molar-refractivity contribution in [2.45, 2.75) is 6.92 Å². The molecule has 94 valence electrons. The molecular weight excluding hydrogens is 248 g/mol. The van der Waals surface area contributed by atoms with Crippen molar-refractivity contribution < 1.29 is 24.1 Å². The lowest BCUT2D eigenvalue weighted by Gasteiger charge is -2.14. The van der Waals surface area contributed by atoms with Crippen LogP contribution in [0, 0.1) is 0 Å². The lowest BCUT2D eigenvalue weighted by molar-refractivity contribution is -0.139. The standard InChI is InChI=1S/C11H13ClO5/c1-3-16-11-8(15-2)4-7(12)5-9(11)17-6-10(13)14/h4-5H,3,6H2,1-2H3,(H,13,14). The number of aliphatic carboxylic acids is 1. The molecule has 1 aromatic rings. The third-order valence-corrected chi connectivity index (χ3v) is 2.06. The quantitative estimate of drug-likeness (QED) is 0.849. The van der Waals surface area contributed by atoms with E-state index in [1.807, 2.05) is 0 Å². The maximum absolute atomic E-state index is 10.5. The first-order chi connectivity index (χ1) is 8.08. The first kappa shape index (κ1) is 13.4. The summed E-state index contributed by atoms with van der Waals surface area (Å²) in [6, 6.07) is 3.05. The molecule has 0 bridgehead atoms. The predicted molar refractivity (Wildman–Crippen MR) is 62.3 cm³/mol. The molecule has 6 heteroatoms. The van der Waals surface area contributed by atoms with Crippen molar-refractivity contribution in [2.75, 3.05) is 20.3 Å². The number of carboxylic acids is 1. The van der Waals surface area contributed by atoms with E-state index >= 15 is 0 Å². The average Bonchev–Trinajstić information content (AvgIpc) is 2.28. The van der Waals surface area contributed by atoms with E-state index in [1.54, 1.807) is 13.0 Å². The number of methoxy groups -OCH3 is 1. The van der Waals surface area contributed by atoms with Crippen LogP contribution in [0.1, 0.15) is 6.92 Å². The summed E-state index contributed by atoms with van der Waals surface area (Å²) >= 11 is 5.85. The molecule has 0 radical (unpaired) electrons. The van der Waals surface area contributed by atoms with Crippen LogP contribution >= 0.6 is 11.6 Å². The second kappa shape index (κ2) is 6.20. The second-order valence-electron chi connectivity index (χ2n) is 3.05. The van der Waals surface area contributed by atoms with Crippen molar-refractivity contribution >= 4 is 17.6 Å². The van der Waals surface area contributed by atoms with Gasteiger partial charge in [0.05, 0.1) is 13.7 Å². The second-order valence-corrected chi connectivity index (χ2v) is 3.49. The SMILES string of the molecule is CCOc1c(OC)cc(Cl)cc1OCC(=O)O. The Labute approximate surface area is 104 Å². The van der Waals surface area contributed by atoms with Crippen LogP contribution in [0.15, 0.2) is 12.1 Å². The minimum Gasteiger partial charge on any atom is -0.493 e. The van der Waals surface area contributed by atoms with E-state index in [2.05, 4.69) is 0 Å². The molecule has 0 aliphatic heterocycles. The summed E-state index contributed by atoms with van der Waals surface area (Å²) in [6.07, 6.45) is 0. The van der Waals surface area contributed by atoms with E-state index in [0.717, 1.165) is 0 Å². The number of ether oxygens (including phenoxy) is 3. The number of halogens is 1. The maximum atomic E-state index is 10.5. The molecule has 0 aliphatic carbocycles. The Bertz CT molecular complexity index is 405. The van der Waals surface area contributed by atoms with Gasteiger partial charge in [0.2, 0.25) is 5.75 Å². The maximum Gasteiger partial charge on any atom is 0.341 e. The van der Waals surface area contributed by atoms with Crippen molar-refractivity contribution in [1.29, 1.82) is 0 Å². The zero-order valence-electron chi connectivity index (χ0n) is 9.53. The molecule has 0 unspecified atom stereocenters. The fourth-order valence-electron chi connectivity index (χ4n) is 1.23. The highest BCUT2D eigenvalue weighted by Gasteiger charge is 2.14. The van der Waals surface area contributed by atoms with Crippen molar-refractivity contribution in [1.82, 2.24) is 0 Å². The van der Waals surface area contributed by atoms with Crippen LogP contribution < -0.4 is 14.2 Å². The van der Waals surface area contributed by atoms with Gasteiger partial charge < -0.3 is 19.3 Å². The van der Waals surface area contributed by atoms with Crippen LogP contribution in [0.4, 0.5) is 0 Å². The van der Waals surface area contributed by atoms with E-state index in [4.69, 9.17) is 30.9 Å². The summed E-state index contributed by atoms with van der Waals surface area (Å²) in [6.45, 7) is 1.74. The smallest absolute Gasteiger partial charge is 0.341 e. The van der Waals surface area contributed by atoms with Crippen LogP contribution in [-0.2, 0) is 4.79 Å². The van der Waals surface area contributed by atoms with Gasteiger partial charge in [-0.25, -0.2) is 4.79 Å². The number of rotatable bonds is 6. The van der Waals surface area contributed by atoms with Crippen molar-refractivity contribution in [2.24, 2.45) is 0 Å². The Morgan fingerprint density at radius 1 is 1.35 bits per heavy atom. The number of hydrogen-bond donors (Lipinski definition) is 1. The molecule has 0 atom stereocenters. The molecule has 17 heavy (non-hydrogen) atoms. The van der Waals surface area contributed by atoms with Gasteiger partial charge in [-0.1, -0.05) is 11.6 Å². The van der Waals surface area contributed by atoms with Gasteiger partial charge in [-0.3, -0.25) is 0 Å². The van der Waals surface area contributed by atoms with Gasteiger partial charge in [0, 0.05) is 17.2 Å². The van der Waals surface area contributed by atoms with Gasteiger partial charge in [-0.05, 0) is 6.92 Å². The van der Waals surface area contributed by atoms with E-state index in [0.29, 0.717) is 23.1 Å². The van der Waals surface area contributed by atoms with Crippen molar-refractivity contribution in [3.8, 4) is 17.2 Å². The van der Waals surface area contributed by atoms with E-state index < -0.39 is 12.6 Å². The highest BCUT2D eigenvalue weighted by atomic mass is 35.5. The zero-order chi connectivity index (χ0) is 12.8. The number of carbonyl (C=O) groups is 1. The molecule has 5 nitrogen and oxygen atoms in total. The van der Waals surface area contributed by atoms with Crippen LogP contribution in [0.5, 0.6) is 17.2 Å². The summed E-state index contributed by atoms with van der Waals surface area (Å²) in [5, 5.41) is 8.94. The van der Waals surface area contributed by atoms with Crippen LogP contribution in [0.3, 0.4) is 0 Å². The number of benzene rings is 1. The third kappa shape index (κ3) is 3.71. The molecule has 0 saturated carbocycles. The van der Waals surface area contributed by atoms with Crippen molar-refractivity contribution in [3.05, 3.63) is 17.2 Å². The minimum atomic E-state index is -1.08. The number of hydrogen-bond acceptors (Lipinski definition) is 4. The highest BCUT2D eigenvalue weighted by Crippen LogP contribution is 2.40. The summed E-state index contributed by atoms with van der Waals surface area (Å²) in [4.78, 5) is 10.5. The first-order valence-electron chi connectivity index (χ1n) is 4.93. The normalized spacial score (nSPS) is 9.82. The van der Waals surface area contributed by atoms with Gasteiger partial charge in [-0.15, -0.1) is 0 Å². The lowest BCUT2D eigenvalue weighted by atomic mass is 10.3. The molecule has 0 aliphatic rings. The van der Waals surface area contributed by atoms with Gasteiger partial charge in [0.1, 0.15) is 0 Å². The first-order valence-corrected chi connectivity index (χ1v) is 5.31. The molecule has 0 fully saturated rings. The monoisotopic (exact) mass is 260 g/mol. The van der Waals surface area contributed by atoms with Gasteiger partial charge in [-0.2, -0.15) is 0 Å². The summed E-state index contributed by atoms with van der Waals surface area (Å²) in [5.41, 5.74) is 0. The molecule has 0 heterocycles. The van der Waals surface area contributed by atoms with E-state index in [9.17, 15) is 4.79 Å². The van der Waals surface area contributed by atoms with Crippen molar-refractivity contribution in [3.63, 3.8) is 0 Å². The summed E-state index contributed by atoms with van der Waals surface area (Å²) in [5.74, 6) is -0.0784. The molecular formula is C11H13ClO5. The minimum absolute atomic E-state index is 0.249. The summed E-state index contributed by atoms with van der Waals surface area (Å²) < 4.78 is 15.5. The molecule has 0 amide bonds. The van der Waals surface area contributed by atoms with Crippen LogP contribution in [0.25, 0.3) is 0 Å². The summed E-state index contributed by atoms with van der Waals surface area (Å²) in [7, 11) is 1.47. The zero-order valence-corrected chi connectivity index (χ0v) is 10.3. The number of carboxylic acid groups (broad SMARTS) is 1. The largest absolute Gasteiger partial charge is 0.493 e. The molecule has 0 aromatic heterocycles. The van der Waals surface area contributed by atoms with Crippen LogP contribution in [0.2, 0.25) is 5.02 Å². The molecule has 1 rings (SSSR count). The Hall–Kier alpha value is -1.62. The van der Waals surface area contributed by atoms with Gasteiger partial charge in [0.25, 0.3) is 0 Å². The predicted octanol–water partition coefficient (Wildman–Crippen LogP) is 2.21. The highest BCUT2D eigenvalue weighted by molar-refractivity contribution is 6.31. The van der Waals surface area contributed by atoms with Crippen LogP contribution in [-0.4, -0.2) is 31.4 Å². The fraction of sp³-hybridized carbons (Fsp3) is 0.364. The lowest BCUT2D eigenvalue weighted by Crippen LogP contribution is -2.10. The van der Waals surface area contributed by atoms with E-state index in [1.165, 1.54) is 13.2 Å². The fourth-order valence-corrected chi connectivity index (χ4v) is 1.43. The van der Waals surface area contributed by atoms with E-state index in [-0.39, 0.29) is 5.75 Å². The third-order valence-electron chi connectivity index (χ3n) is 1.85. The molecule has 1 aromatic carbocycles. The van der Waals surface area contributed by atoms with Gasteiger partial charge in [0.15, 0.2) is 18.1 Å². The Morgan fingerprint density at radius 2 is 2.00 bits per heavy atom.